The number of carbonyl (C=O) groups excluding carboxylic acids is 2. The SMILES string of the molecule is O=C(Nc1ccccc1C(=O)N1CCCC1)c1cc2ccccc2cc1O. The molecule has 1 fully saturated rings. The molecule has 0 aliphatic carbocycles. The first kappa shape index (κ1) is 17.1. The molecular formula is C22H20N2O3. The summed E-state index contributed by atoms with van der Waals surface area (Å²) in [6.07, 6.45) is 2.01. The lowest BCUT2D eigenvalue weighted by Crippen LogP contribution is -2.28. The first-order valence-electron chi connectivity index (χ1n) is 9.05. The molecule has 0 atom stereocenters. The van der Waals surface area contributed by atoms with E-state index in [4.69, 9.17) is 0 Å². The van der Waals surface area contributed by atoms with E-state index in [1.54, 1.807) is 41.3 Å². The van der Waals surface area contributed by atoms with E-state index in [0.29, 0.717) is 11.3 Å². The predicted molar refractivity (Wildman–Crippen MR) is 105 cm³/mol. The number of hydrogen-bond acceptors (Lipinski definition) is 3. The van der Waals surface area contributed by atoms with Gasteiger partial charge in [0, 0.05) is 13.1 Å². The van der Waals surface area contributed by atoms with E-state index in [-0.39, 0.29) is 17.2 Å². The first-order chi connectivity index (χ1) is 13.1. The Kier molecular flexibility index (Phi) is 4.50. The summed E-state index contributed by atoms with van der Waals surface area (Å²) >= 11 is 0. The van der Waals surface area contributed by atoms with Gasteiger partial charge in [0.05, 0.1) is 16.8 Å². The van der Waals surface area contributed by atoms with Gasteiger partial charge < -0.3 is 15.3 Å². The Hall–Kier alpha value is -3.34. The normalized spacial score (nSPS) is 13.7. The van der Waals surface area contributed by atoms with E-state index in [9.17, 15) is 14.7 Å². The largest absolute Gasteiger partial charge is 0.507 e. The van der Waals surface area contributed by atoms with Crippen LogP contribution >= 0.6 is 0 Å². The molecule has 0 bridgehead atoms. The number of hydrogen-bond donors (Lipinski definition) is 2. The van der Waals surface area contributed by atoms with E-state index in [2.05, 4.69) is 5.32 Å². The van der Waals surface area contributed by atoms with Crippen molar-refractivity contribution in [2.75, 3.05) is 18.4 Å². The maximum absolute atomic E-state index is 12.8. The van der Waals surface area contributed by atoms with Crippen LogP contribution in [0.25, 0.3) is 10.8 Å². The van der Waals surface area contributed by atoms with Gasteiger partial charge in [-0.15, -0.1) is 0 Å². The Labute approximate surface area is 157 Å². The fourth-order valence-corrected chi connectivity index (χ4v) is 3.47. The second kappa shape index (κ2) is 7.11. The smallest absolute Gasteiger partial charge is 0.259 e. The number of rotatable bonds is 3. The third-order valence-corrected chi connectivity index (χ3v) is 4.91. The first-order valence-corrected chi connectivity index (χ1v) is 9.05. The monoisotopic (exact) mass is 360 g/mol. The van der Waals surface area contributed by atoms with Crippen molar-refractivity contribution in [3.63, 3.8) is 0 Å². The van der Waals surface area contributed by atoms with Crippen molar-refractivity contribution in [1.29, 1.82) is 0 Å². The summed E-state index contributed by atoms with van der Waals surface area (Å²) in [6, 6.07) is 17.7. The van der Waals surface area contributed by atoms with Crippen LogP contribution in [0.5, 0.6) is 5.75 Å². The van der Waals surface area contributed by atoms with Crippen molar-refractivity contribution in [3.8, 4) is 5.75 Å². The zero-order valence-electron chi connectivity index (χ0n) is 14.8. The molecule has 1 aliphatic rings. The Morgan fingerprint density at radius 3 is 2.22 bits per heavy atom. The van der Waals surface area contributed by atoms with Crippen LogP contribution in [-0.2, 0) is 0 Å². The number of amides is 2. The third kappa shape index (κ3) is 3.36. The Morgan fingerprint density at radius 2 is 1.48 bits per heavy atom. The van der Waals surface area contributed by atoms with Crippen LogP contribution in [0.3, 0.4) is 0 Å². The number of para-hydroxylation sites is 1. The number of benzene rings is 3. The van der Waals surface area contributed by atoms with Gasteiger partial charge in [-0.25, -0.2) is 0 Å². The molecule has 0 radical (unpaired) electrons. The highest BCUT2D eigenvalue weighted by atomic mass is 16.3. The molecule has 27 heavy (non-hydrogen) atoms. The number of nitrogens with one attached hydrogen (secondary N) is 1. The van der Waals surface area contributed by atoms with E-state index < -0.39 is 5.91 Å². The average molecular weight is 360 g/mol. The molecule has 1 aliphatic heterocycles. The quantitative estimate of drug-likeness (QED) is 0.741. The Bertz CT molecular complexity index is 1020. The number of aromatic hydroxyl groups is 1. The predicted octanol–water partition coefficient (Wildman–Crippen LogP) is 4.03. The van der Waals surface area contributed by atoms with Gasteiger partial charge in [0.15, 0.2) is 0 Å². The molecule has 0 unspecified atom stereocenters. The van der Waals surface area contributed by atoms with Gasteiger partial charge in [0.25, 0.3) is 11.8 Å². The van der Waals surface area contributed by atoms with Gasteiger partial charge in [-0.2, -0.15) is 0 Å². The van der Waals surface area contributed by atoms with Crippen LogP contribution < -0.4 is 5.32 Å². The number of carbonyl (C=O) groups is 2. The van der Waals surface area contributed by atoms with Crippen molar-refractivity contribution < 1.29 is 14.7 Å². The zero-order chi connectivity index (χ0) is 18.8. The third-order valence-electron chi connectivity index (χ3n) is 4.91. The zero-order valence-corrected chi connectivity index (χ0v) is 14.8. The van der Waals surface area contributed by atoms with Crippen molar-refractivity contribution in [1.82, 2.24) is 4.90 Å². The molecule has 0 saturated carbocycles. The fraction of sp³-hybridized carbons (Fsp3) is 0.182. The van der Waals surface area contributed by atoms with Gasteiger partial charge in [-0.3, -0.25) is 9.59 Å². The molecule has 4 rings (SSSR count). The van der Waals surface area contributed by atoms with Crippen LogP contribution in [0.2, 0.25) is 0 Å². The van der Waals surface area contributed by atoms with Crippen molar-refractivity contribution in [2.45, 2.75) is 12.8 Å². The minimum absolute atomic E-state index is 0.0777. The van der Waals surface area contributed by atoms with E-state index >= 15 is 0 Å². The lowest BCUT2D eigenvalue weighted by molar-refractivity contribution is 0.0794. The minimum atomic E-state index is -0.445. The second-order valence-corrected chi connectivity index (χ2v) is 6.72. The molecule has 1 saturated heterocycles. The van der Waals surface area contributed by atoms with Crippen LogP contribution in [-0.4, -0.2) is 34.9 Å². The van der Waals surface area contributed by atoms with Crippen LogP contribution in [0.4, 0.5) is 5.69 Å². The maximum Gasteiger partial charge on any atom is 0.259 e. The van der Waals surface area contributed by atoms with Crippen molar-refractivity contribution in [2.24, 2.45) is 0 Å². The number of phenolic OH excluding ortho intramolecular Hbond substituents is 1. The molecule has 5 nitrogen and oxygen atoms in total. The highest BCUT2D eigenvalue weighted by Gasteiger charge is 2.23. The molecule has 1 heterocycles. The minimum Gasteiger partial charge on any atom is -0.507 e. The van der Waals surface area contributed by atoms with Gasteiger partial charge in [-0.05, 0) is 47.9 Å². The number of nitrogens with zero attached hydrogens (tertiary/aromatic N) is 1. The van der Waals surface area contributed by atoms with Crippen molar-refractivity contribution >= 4 is 28.3 Å². The lowest BCUT2D eigenvalue weighted by Gasteiger charge is -2.18. The molecule has 136 valence electrons. The molecule has 3 aromatic rings. The average Bonchev–Trinajstić information content (AvgIpc) is 3.22. The van der Waals surface area contributed by atoms with Gasteiger partial charge in [0.2, 0.25) is 0 Å². The number of phenols is 1. The van der Waals surface area contributed by atoms with Crippen LogP contribution in [0.1, 0.15) is 33.6 Å². The van der Waals surface area contributed by atoms with E-state index in [0.717, 1.165) is 36.7 Å². The van der Waals surface area contributed by atoms with Crippen LogP contribution in [0, 0.1) is 0 Å². The molecule has 3 aromatic carbocycles. The Balaban J connectivity index is 1.64. The maximum atomic E-state index is 12.8. The molecule has 2 amide bonds. The van der Waals surface area contributed by atoms with Crippen LogP contribution in [0.15, 0.2) is 60.7 Å². The molecule has 5 heteroatoms. The Morgan fingerprint density at radius 1 is 0.852 bits per heavy atom. The van der Waals surface area contributed by atoms with E-state index in [1.807, 2.05) is 24.3 Å². The van der Waals surface area contributed by atoms with Gasteiger partial charge in [0.1, 0.15) is 5.75 Å². The summed E-state index contributed by atoms with van der Waals surface area (Å²) in [5.74, 6) is -0.611. The van der Waals surface area contributed by atoms with Gasteiger partial charge >= 0.3 is 0 Å². The summed E-state index contributed by atoms with van der Waals surface area (Å²) in [5, 5.41) is 14.8. The molecular weight excluding hydrogens is 340 g/mol. The molecule has 0 spiro atoms. The summed E-state index contributed by atoms with van der Waals surface area (Å²) < 4.78 is 0. The molecule has 2 N–H and O–H groups in total. The summed E-state index contributed by atoms with van der Waals surface area (Å²) in [7, 11) is 0. The highest BCUT2D eigenvalue weighted by Crippen LogP contribution is 2.27. The number of anilines is 1. The fourth-order valence-electron chi connectivity index (χ4n) is 3.47. The summed E-state index contributed by atoms with van der Waals surface area (Å²) in [5.41, 5.74) is 1.09. The van der Waals surface area contributed by atoms with E-state index in [1.165, 1.54) is 0 Å². The highest BCUT2D eigenvalue weighted by molar-refractivity contribution is 6.11. The standard InChI is InChI=1S/C22H20N2O3/c25-20-14-16-8-2-1-7-15(16)13-18(20)21(26)23-19-10-4-3-9-17(19)22(27)24-11-5-6-12-24/h1-4,7-10,13-14,25H,5-6,11-12H2,(H,23,26). The van der Waals surface area contributed by atoms with Gasteiger partial charge in [-0.1, -0.05) is 36.4 Å². The topological polar surface area (TPSA) is 69.6 Å². The lowest BCUT2D eigenvalue weighted by atomic mass is 10.0. The number of fused-ring (bicyclic) bond motifs is 1. The summed E-state index contributed by atoms with van der Waals surface area (Å²) in [4.78, 5) is 27.3. The summed E-state index contributed by atoms with van der Waals surface area (Å²) in [6.45, 7) is 1.49. The molecule has 0 aromatic heterocycles. The van der Waals surface area contributed by atoms with Crippen molar-refractivity contribution in [3.05, 3.63) is 71.8 Å². The number of likely N-dealkylation sites (tertiary alicyclic amines) is 1. The second-order valence-electron chi connectivity index (χ2n) is 6.72.